The van der Waals surface area contributed by atoms with Gasteiger partial charge in [0.1, 0.15) is 17.2 Å². The number of anilines is 1. The molecule has 30 heavy (non-hydrogen) atoms. The number of para-hydroxylation sites is 1. The van der Waals surface area contributed by atoms with Crippen molar-refractivity contribution in [3.8, 4) is 0 Å². The van der Waals surface area contributed by atoms with Crippen molar-refractivity contribution in [3.05, 3.63) is 56.4 Å². The van der Waals surface area contributed by atoms with E-state index in [1.165, 1.54) is 9.95 Å². The lowest BCUT2D eigenvalue weighted by Crippen LogP contribution is -2.31. The zero-order valence-corrected chi connectivity index (χ0v) is 18.3. The van der Waals surface area contributed by atoms with Crippen molar-refractivity contribution in [3.63, 3.8) is 0 Å². The molecule has 1 aromatic carbocycles. The van der Waals surface area contributed by atoms with Gasteiger partial charge in [-0.15, -0.1) is 11.3 Å². The summed E-state index contributed by atoms with van der Waals surface area (Å²) in [5.74, 6) is -0.821. The summed E-state index contributed by atoms with van der Waals surface area (Å²) in [6.45, 7) is 7.76. The minimum Gasteiger partial charge on any atom is -0.478 e. The fourth-order valence-electron chi connectivity index (χ4n) is 3.47. The van der Waals surface area contributed by atoms with E-state index >= 15 is 0 Å². The predicted molar refractivity (Wildman–Crippen MR) is 119 cm³/mol. The van der Waals surface area contributed by atoms with Crippen molar-refractivity contribution in [2.24, 2.45) is 0 Å². The molecule has 158 valence electrons. The van der Waals surface area contributed by atoms with Gasteiger partial charge >= 0.3 is 5.97 Å². The van der Waals surface area contributed by atoms with Gasteiger partial charge in [-0.3, -0.25) is 14.2 Å². The van der Waals surface area contributed by atoms with Crippen molar-refractivity contribution in [1.29, 1.82) is 0 Å². The summed E-state index contributed by atoms with van der Waals surface area (Å²) < 4.78 is 1.30. The summed E-state index contributed by atoms with van der Waals surface area (Å²) in [6, 6.07) is 5.85. The summed E-state index contributed by atoms with van der Waals surface area (Å²) in [4.78, 5) is 42.4. The van der Waals surface area contributed by atoms with Crippen LogP contribution < -0.4 is 10.9 Å². The lowest BCUT2D eigenvalue weighted by atomic mass is 9.98. The Bertz CT molecular complexity index is 1180. The second-order valence-electron chi connectivity index (χ2n) is 7.55. The number of thiophene rings is 1. The smallest absolute Gasteiger partial charge is 0.337 e. The number of hydrogen-bond acceptors (Lipinski definition) is 5. The maximum absolute atomic E-state index is 13.1. The zero-order valence-electron chi connectivity index (χ0n) is 17.5. The molecule has 8 heteroatoms. The highest BCUT2D eigenvalue weighted by Crippen LogP contribution is 2.27. The number of nitrogens with one attached hydrogen (secondary N) is 1. The van der Waals surface area contributed by atoms with E-state index in [1.807, 2.05) is 32.0 Å². The van der Waals surface area contributed by atoms with Gasteiger partial charge in [0, 0.05) is 17.5 Å². The zero-order chi connectivity index (χ0) is 22.0. The van der Waals surface area contributed by atoms with Gasteiger partial charge in [-0.05, 0) is 30.4 Å². The molecule has 2 N–H and O–H groups in total. The topological polar surface area (TPSA) is 101 Å². The third-order valence-electron chi connectivity index (χ3n) is 4.97. The summed E-state index contributed by atoms with van der Waals surface area (Å²) >= 11 is 1.13. The first kappa shape index (κ1) is 21.7. The van der Waals surface area contributed by atoms with E-state index in [-0.39, 0.29) is 29.3 Å². The maximum atomic E-state index is 13.1. The highest BCUT2D eigenvalue weighted by molar-refractivity contribution is 7.17. The van der Waals surface area contributed by atoms with Gasteiger partial charge in [-0.25, -0.2) is 9.78 Å². The van der Waals surface area contributed by atoms with Gasteiger partial charge in [-0.1, -0.05) is 39.0 Å². The van der Waals surface area contributed by atoms with Crippen molar-refractivity contribution in [2.75, 3.05) is 5.32 Å². The summed E-state index contributed by atoms with van der Waals surface area (Å²) in [5, 5.41) is 13.8. The van der Waals surface area contributed by atoms with Gasteiger partial charge in [-0.2, -0.15) is 0 Å². The monoisotopic (exact) mass is 427 g/mol. The number of carboxylic acids is 1. The number of carbonyl (C=O) groups excluding carboxylic acids is 1. The van der Waals surface area contributed by atoms with Crippen LogP contribution in [0.3, 0.4) is 0 Å². The number of carbonyl (C=O) groups is 2. The van der Waals surface area contributed by atoms with Crippen LogP contribution in [0.4, 0.5) is 5.69 Å². The molecule has 0 aliphatic carbocycles. The Labute approximate surface area is 178 Å². The molecule has 2 aromatic heterocycles. The number of aromatic carboxylic acids is 1. The Morgan fingerprint density at radius 3 is 2.67 bits per heavy atom. The molecule has 0 aliphatic heterocycles. The highest BCUT2D eigenvalue weighted by atomic mass is 32.1. The Kier molecular flexibility index (Phi) is 6.36. The van der Waals surface area contributed by atoms with E-state index in [2.05, 4.69) is 24.1 Å². The van der Waals surface area contributed by atoms with Crippen molar-refractivity contribution in [2.45, 2.75) is 53.0 Å². The summed E-state index contributed by atoms with van der Waals surface area (Å²) in [5.41, 5.74) is 2.13. The number of hydrogen-bond donors (Lipinski definition) is 2. The van der Waals surface area contributed by atoms with Crippen LogP contribution in [-0.4, -0.2) is 26.5 Å². The van der Waals surface area contributed by atoms with Gasteiger partial charge in [0.25, 0.3) is 5.56 Å². The second-order valence-corrected chi connectivity index (χ2v) is 8.40. The minimum absolute atomic E-state index is 0.0546. The third kappa shape index (κ3) is 4.14. The first-order valence-electron chi connectivity index (χ1n) is 9.88. The maximum Gasteiger partial charge on any atom is 0.337 e. The average molecular weight is 428 g/mol. The standard InChI is InChI=1S/C22H25N3O4S/c1-5-7-16-23-20-18(15(11-30-20)22(28)29)21(27)25(16)10-17(26)24-19-13(4)8-6-9-14(19)12(2)3/h6,8-9,11-12H,5,7,10H2,1-4H3,(H,24,26)(H,28,29). The molecule has 0 saturated heterocycles. The second kappa shape index (κ2) is 8.79. The molecular weight excluding hydrogens is 402 g/mol. The fourth-order valence-corrected chi connectivity index (χ4v) is 4.39. The van der Waals surface area contributed by atoms with E-state index in [0.717, 1.165) is 34.6 Å². The van der Waals surface area contributed by atoms with Crippen molar-refractivity contribution >= 4 is 39.1 Å². The highest BCUT2D eigenvalue weighted by Gasteiger charge is 2.21. The van der Waals surface area contributed by atoms with Crippen molar-refractivity contribution < 1.29 is 14.7 Å². The van der Waals surface area contributed by atoms with Crippen LogP contribution in [0.5, 0.6) is 0 Å². The molecule has 3 rings (SSSR count). The minimum atomic E-state index is -1.18. The largest absolute Gasteiger partial charge is 0.478 e. The Morgan fingerprint density at radius 2 is 2.03 bits per heavy atom. The molecule has 7 nitrogen and oxygen atoms in total. The molecule has 2 heterocycles. The lowest BCUT2D eigenvalue weighted by Gasteiger charge is -2.17. The number of aryl methyl sites for hydroxylation is 2. The molecule has 0 aliphatic rings. The van der Waals surface area contributed by atoms with E-state index in [1.54, 1.807) is 0 Å². The van der Waals surface area contributed by atoms with Crippen LogP contribution in [0.2, 0.25) is 0 Å². The molecule has 0 unspecified atom stereocenters. The number of rotatable bonds is 7. The molecule has 0 bridgehead atoms. The summed E-state index contributed by atoms with van der Waals surface area (Å²) in [7, 11) is 0. The van der Waals surface area contributed by atoms with Crippen molar-refractivity contribution in [1.82, 2.24) is 9.55 Å². The first-order chi connectivity index (χ1) is 14.2. The molecule has 0 spiro atoms. The average Bonchev–Trinajstić information content (AvgIpc) is 3.11. The Hall–Kier alpha value is -3.00. The lowest BCUT2D eigenvalue weighted by molar-refractivity contribution is -0.116. The van der Waals surface area contributed by atoms with E-state index < -0.39 is 11.5 Å². The quantitative estimate of drug-likeness (QED) is 0.589. The number of carboxylic acid groups (broad SMARTS) is 1. The normalized spacial score (nSPS) is 11.2. The molecular formula is C22H25N3O4S. The fraction of sp³-hybridized carbons (Fsp3) is 0.364. The van der Waals surface area contributed by atoms with E-state index in [9.17, 15) is 19.5 Å². The molecule has 0 atom stereocenters. The van der Waals surface area contributed by atoms with Crippen LogP contribution >= 0.6 is 11.3 Å². The SMILES string of the molecule is CCCc1nc2scc(C(=O)O)c2c(=O)n1CC(=O)Nc1c(C)cccc1C(C)C. The van der Waals surface area contributed by atoms with Crippen LogP contribution in [-0.2, 0) is 17.8 Å². The third-order valence-corrected chi connectivity index (χ3v) is 5.84. The number of nitrogens with zero attached hydrogens (tertiary/aromatic N) is 2. The van der Waals surface area contributed by atoms with Gasteiger partial charge < -0.3 is 10.4 Å². The van der Waals surface area contributed by atoms with E-state index in [0.29, 0.717) is 17.1 Å². The van der Waals surface area contributed by atoms with Crippen LogP contribution in [0.15, 0.2) is 28.4 Å². The molecule has 1 amide bonds. The number of fused-ring (bicyclic) bond motifs is 1. The molecule has 0 saturated carbocycles. The predicted octanol–water partition coefficient (Wildman–Crippen LogP) is 4.18. The Morgan fingerprint density at radius 1 is 1.30 bits per heavy atom. The van der Waals surface area contributed by atoms with E-state index in [4.69, 9.17) is 0 Å². The molecule has 0 radical (unpaired) electrons. The van der Waals surface area contributed by atoms with Crippen LogP contribution in [0.25, 0.3) is 10.2 Å². The number of aromatic nitrogens is 2. The summed E-state index contributed by atoms with van der Waals surface area (Å²) in [6.07, 6.45) is 1.26. The van der Waals surface area contributed by atoms with Gasteiger partial charge in [0.05, 0.1) is 10.9 Å². The molecule has 0 fully saturated rings. The number of amides is 1. The molecule has 3 aromatic rings. The number of benzene rings is 1. The van der Waals surface area contributed by atoms with Crippen LogP contribution in [0.1, 0.15) is 60.4 Å². The van der Waals surface area contributed by atoms with Crippen LogP contribution in [0, 0.1) is 6.92 Å². The van der Waals surface area contributed by atoms with Gasteiger partial charge in [0.15, 0.2) is 0 Å². The van der Waals surface area contributed by atoms with Gasteiger partial charge in [0.2, 0.25) is 5.91 Å². The Balaban J connectivity index is 2.03. The first-order valence-corrected chi connectivity index (χ1v) is 10.8.